The summed E-state index contributed by atoms with van der Waals surface area (Å²) in [5.41, 5.74) is 14.8. The number of fused-ring (bicyclic) bond motifs is 6. The van der Waals surface area contributed by atoms with Crippen LogP contribution in [0.2, 0.25) is 0 Å². The Bertz CT molecular complexity index is 2240. The van der Waals surface area contributed by atoms with Gasteiger partial charge in [0.05, 0.1) is 32.9 Å². The average Bonchev–Trinajstić information content (AvgIpc) is 3.70. The minimum Gasteiger partial charge on any atom is -0.493 e. The highest BCUT2D eigenvalue weighted by atomic mass is 16.7. The zero-order chi connectivity index (χ0) is 38.6. The fraction of sp³-hybridized carbons (Fsp3) is 0.436. The second kappa shape index (κ2) is 12.7. The van der Waals surface area contributed by atoms with Crippen molar-refractivity contribution in [3.8, 4) is 39.9 Å². The van der Waals surface area contributed by atoms with E-state index in [2.05, 4.69) is 11.1 Å². The van der Waals surface area contributed by atoms with Gasteiger partial charge < -0.3 is 70.0 Å². The third-order valence-electron chi connectivity index (χ3n) is 11.9. The van der Waals surface area contributed by atoms with Gasteiger partial charge in [-0.1, -0.05) is 18.2 Å². The van der Waals surface area contributed by atoms with Gasteiger partial charge in [0.1, 0.15) is 41.8 Å². The molecule has 1 fully saturated rings. The Labute approximate surface area is 313 Å². The lowest BCUT2D eigenvalue weighted by atomic mass is 9.69. The molecule has 16 nitrogen and oxygen atoms in total. The lowest BCUT2D eigenvalue weighted by Crippen LogP contribution is -2.71. The Kier molecular flexibility index (Phi) is 8.23. The summed E-state index contributed by atoms with van der Waals surface area (Å²) < 4.78 is 43.2. The summed E-state index contributed by atoms with van der Waals surface area (Å²) in [6, 6.07) is 11.7. The number of aliphatic hydroxyl groups excluding tert-OH is 2. The molecule has 4 aliphatic heterocycles. The number of carboxylic acids is 1. The van der Waals surface area contributed by atoms with Crippen molar-refractivity contribution >= 4 is 22.8 Å². The summed E-state index contributed by atoms with van der Waals surface area (Å²) in [5.74, 6) is -0.547. The molecule has 0 amide bonds. The number of aliphatic hydroxyl groups is 3. The molecule has 1 saturated heterocycles. The van der Waals surface area contributed by atoms with Crippen molar-refractivity contribution in [3.05, 3.63) is 64.8 Å². The van der Waals surface area contributed by atoms with Gasteiger partial charge in [-0.3, -0.25) is 9.59 Å². The van der Waals surface area contributed by atoms with Gasteiger partial charge in [-0.25, -0.2) is 0 Å². The minimum atomic E-state index is -2.19. The quantitative estimate of drug-likeness (QED) is 0.0805. The molecule has 9 rings (SSSR count). The number of benzene rings is 3. The number of carboxylic acid groups (broad SMARTS) is 1. The highest BCUT2D eigenvalue weighted by Gasteiger charge is 2.61. The van der Waals surface area contributed by atoms with Crippen LogP contribution in [-0.4, -0.2) is 101 Å². The predicted molar refractivity (Wildman–Crippen MR) is 191 cm³/mol. The maximum absolute atomic E-state index is 12.4. The van der Waals surface area contributed by atoms with E-state index in [0.29, 0.717) is 41.4 Å². The third kappa shape index (κ3) is 5.12. The summed E-state index contributed by atoms with van der Waals surface area (Å²) in [7, 11) is 3.15. The summed E-state index contributed by atoms with van der Waals surface area (Å²) in [6.45, 7) is 0.256. The number of carbonyl (C=O) groups excluding carboxylic acids is 1. The van der Waals surface area contributed by atoms with Gasteiger partial charge in [-0.2, -0.15) is 0 Å². The van der Waals surface area contributed by atoms with E-state index in [0.717, 1.165) is 38.7 Å². The Hall–Kier alpha value is -5.10. The largest absolute Gasteiger partial charge is 0.493 e. The van der Waals surface area contributed by atoms with Crippen molar-refractivity contribution in [2.24, 2.45) is 11.5 Å². The zero-order valence-corrected chi connectivity index (χ0v) is 29.9. The van der Waals surface area contributed by atoms with Gasteiger partial charge in [0.2, 0.25) is 12.0 Å². The first-order valence-electron chi connectivity index (χ1n) is 18.1. The van der Waals surface area contributed by atoms with Crippen LogP contribution in [0.25, 0.3) is 22.0 Å². The number of hydrogen-bond donors (Lipinski definition) is 7. The molecule has 0 saturated carbocycles. The van der Waals surface area contributed by atoms with Crippen LogP contribution < -0.4 is 35.2 Å². The molecule has 0 unspecified atom stereocenters. The Morgan fingerprint density at radius 2 is 1.89 bits per heavy atom. The highest BCUT2D eigenvalue weighted by molar-refractivity contribution is 6.01. The van der Waals surface area contributed by atoms with E-state index in [4.69, 9.17) is 49.7 Å². The zero-order valence-electron chi connectivity index (χ0n) is 29.9. The second-order valence-electron chi connectivity index (χ2n) is 14.8. The minimum absolute atomic E-state index is 0.141. The van der Waals surface area contributed by atoms with Crippen LogP contribution in [0.1, 0.15) is 47.4 Å². The molecule has 9 N–H and O–H groups in total. The first-order chi connectivity index (χ1) is 26.4. The van der Waals surface area contributed by atoms with Gasteiger partial charge in [-0.15, -0.1) is 0 Å². The molecule has 5 heterocycles. The van der Waals surface area contributed by atoms with Crippen molar-refractivity contribution in [1.29, 1.82) is 0 Å². The van der Waals surface area contributed by atoms with Crippen molar-refractivity contribution in [3.63, 3.8) is 0 Å². The van der Waals surface area contributed by atoms with Crippen LogP contribution in [0.3, 0.4) is 0 Å². The SMILES string of the molecule is COc1ccc2c(c1OC)O[C@@]13CCc4cccc5[nH]cc(c45)-c4c5c(cc(c41)OC[C@@H]23)O[C@@H]1O[C@H]([C@H](OC(=O)CC(=O)O)C(N)N)[C@@H](O)[C@H](O)[C@]1(O)CC5. The number of H-pyrrole nitrogens is 1. The molecule has 3 aromatic carbocycles. The van der Waals surface area contributed by atoms with Gasteiger partial charge in [0.15, 0.2) is 23.2 Å². The van der Waals surface area contributed by atoms with Gasteiger partial charge >= 0.3 is 11.9 Å². The highest BCUT2D eigenvalue weighted by Crippen LogP contribution is 2.64. The number of carbonyl (C=O) groups is 2. The molecule has 4 aromatic rings. The van der Waals surface area contributed by atoms with Crippen LogP contribution >= 0.6 is 0 Å². The van der Waals surface area contributed by atoms with Crippen LogP contribution in [-0.2, 0) is 37.5 Å². The number of hydrogen-bond acceptors (Lipinski definition) is 14. The summed E-state index contributed by atoms with van der Waals surface area (Å²) in [5, 5.41) is 45.2. The normalized spacial score (nSPS) is 29.0. The molecule has 0 radical (unpaired) electrons. The van der Waals surface area contributed by atoms with Crippen LogP contribution in [0, 0.1) is 0 Å². The number of aromatic amines is 1. The molecule has 0 bridgehead atoms. The maximum atomic E-state index is 12.4. The van der Waals surface area contributed by atoms with E-state index in [9.17, 15) is 24.9 Å². The number of aromatic nitrogens is 1. The number of methoxy groups -OCH3 is 2. The van der Waals surface area contributed by atoms with Crippen molar-refractivity contribution in [2.45, 2.75) is 86.1 Å². The van der Waals surface area contributed by atoms with E-state index < -0.39 is 66.4 Å². The predicted octanol–water partition coefficient (Wildman–Crippen LogP) is 1.70. The number of aliphatic carboxylic acids is 1. The summed E-state index contributed by atoms with van der Waals surface area (Å²) in [6.07, 6.45) is -7.91. The monoisotopic (exact) mass is 759 g/mol. The van der Waals surface area contributed by atoms with Gasteiger partial charge in [0.25, 0.3) is 0 Å². The fourth-order valence-electron chi connectivity index (χ4n) is 9.36. The standard InChI is InChI=1S/C39H41N3O13/c1-49-22-7-6-17-20-15-51-24-12-23-18(9-10-38(48)35(47)30(46)33(54-37(38)52-23)34(36(40)41)53-26(45)13-25(43)44)28-19-14-42-21-5-3-4-16(27(19)21)8-11-39(20,29(24)28)55-31(17)32(22)50-2/h3-7,12,14,20,30,33-37,42,46-48H,8-11,13,15,40-41H2,1-2H3,(H,43,44)/t20-,30+,33-,34-,35-,37+,38+,39+/m0/s1. The smallest absolute Gasteiger partial charge is 0.317 e. The summed E-state index contributed by atoms with van der Waals surface area (Å²) in [4.78, 5) is 27.0. The van der Waals surface area contributed by atoms with Crippen LogP contribution in [0.5, 0.6) is 28.7 Å². The third-order valence-corrected chi connectivity index (χ3v) is 11.9. The molecule has 1 aliphatic carbocycles. The lowest BCUT2D eigenvalue weighted by Gasteiger charge is -2.48. The molecular weight excluding hydrogens is 718 g/mol. The van der Waals surface area contributed by atoms with E-state index in [1.54, 1.807) is 20.3 Å². The van der Waals surface area contributed by atoms with E-state index in [1.165, 1.54) is 0 Å². The van der Waals surface area contributed by atoms with Gasteiger partial charge in [-0.05, 0) is 43.4 Å². The maximum Gasteiger partial charge on any atom is 0.317 e. The molecule has 1 aromatic heterocycles. The molecule has 1 spiro atoms. The van der Waals surface area contributed by atoms with Crippen LogP contribution in [0.4, 0.5) is 0 Å². The van der Waals surface area contributed by atoms with Crippen molar-refractivity contribution < 1.29 is 63.2 Å². The number of aryl methyl sites for hydroxylation is 1. The molecule has 5 aliphatic rings. The topological polar surface area (TPSA) is 248 Å². The second-order valence-corrected chi connectivity index (χ2v) is 14.8. The number of esters is 1. The first kappa shape index (κ1) is 35.6. The molecule has 290 valence electrons. The molecule has 55 heavy (non-hydrogen) atoms. The molecule has 16 heteroatoms. The fourth-order valence-corrected chi connectivity index (χ4v) is 9.36. The Morgan fingerprint density at radius 3 is 2.64 bits per heavy atom. The average molecular weight is 760 g/mol. The van der Waals surface area contributed by atoms with Gasteiger partial charge in [0, 0.05) is 51.0 Å². The number of nitrogens with one attached hydrogen (secondary N) is 1. The number of nitrogens with two attached hydrogens (primary N) is 2. The number of ether oxygens (including phenoxy) is 7. The Morgan fingerprint density at radius 1 is 1.07 bits per heavy atom. The van der Waals surface area contributed by atoms with E-state index in [1.807, 2.05) is 30.5 Å². The number of rotatable bonds is 7. The van der Waals surface area contributed by atoms with E-state index in [-0.39, 0.29) is 31.1 Å². The summed E-state index contributed by atoms with van der Waals surface area (Å²) >= 11 is 0. The van der Waals surface area contributed by atoms with Crippen molar-refractivity contribution in [1.82, 2.24) is 4.98 Å². The van der Waals surface area contributed by atoms with E-state index >= 15 is 0 Å². The molecular formula is C39H41N3O13. The van der Waals surface area contributed by atoms with Crippen molar-refractivity contribution in [2.75, 3.05) is 20.8 Å². The Balaban J connectivity index is 1.21. The molecule has 8 atom stereocenters. The van der Waals surface area contributed by atoms with Crippen LogP contribution in [0.15, 0.2) is 42.6 Å². The first-order valence-corrected chi connectivity index (χ1v) is 18.1. The lowest BCUT2D eigenvalue weighted by molar-refractivity contribution is -0.329.